The van der Waals surface area contributed by atoms with Crippen LogP contribution >= 0.6 is 12.4 Å². The zero-order valence-electron chi connectivity index (χ0n) is 8.79. The zero-order valence-corrected chi connectivity index (χ0v) is 9.61. The fourth-order valence-corrected chi connectivity index (χ4v) is 1.28. The molecule has 6 N–H and O–H groups in total. The van der Waals surface area contributed by atoms with E-state index < -0.39 is 17.9 Å². The molecule has 17 heavy (non-hydrogen) atoms. The van der Waals surface area contributed by atoms with Crippen molar-refractivity contribution >= 4 is 24.3 Å². The SMILES string of the molecule is Cl.NC(=O)c1cccc(CC(N)C(=O)O)c1O. The van der Waals surface area contributed by atoms with Crippen molar-refractivity contribution in [2.45, 2.75) is 12.5 Å². The molecule has 1 amide bonds. The molecule has 1 aromatic rings. The maximum atomic E-state index is 10.9. The number of carboxylic acid groups (broad SMARTS) is 1. The van der Waals surface area contributed by atoms with Crippen LogP contribution in [0.5, 0.6) is 5.75 Å². The number of carboxylic acids is 1. The quantitative estimate of drug-likeness (QED) is 0.600. The van der Waals surface area contributed by atoms with Gasteiger partial charge in [-0.2, -0.15) is 0 Å². The van der Waals surface area contributed by atoms with Gasteiger partial charge in [0.1, 0.15) is 11.8 Å². The highest BCUT2D eigenvalue weighted by atomic mass is 35.5. The van der Waals surface area contributed by atoms with Crippen LogP contribution in [0.4, 0.5) is 0 Å². The van der Waals surface area contributed by atoms with Crippen LogP contribution in [0.1, 0.15) is 15.9 Å². The molecule has 1 atom stereocenters. The number of carbonyl (C=O) groups is 2. The van der Waals surface area contributed by atoms with Gasteiger partial charge in [-0.3, -0.25) is 9.59 Å². The lowest BCUT2D eigenvalue weighted by molar-refractivity contribution is -0.138. The number of para-hydroxylation sites is 1. The minimum absolute atomic E-state index is 0. The van der Waals surface area contributed by atoms with Crippen LogP contribution in [-0.4, -0.2) is 28.1 Å². The van der Waals surface area contributed by atoms with Crippen LogP contribution in [0.25, 0.3) is 0 Å². The van der Waals surface area contributed by atoms with Gasteiger partial charge in [0, 0.05) is 6.42 Å². The summed E-state index contributed by atoms with van der Waals surface area (Å²) in [5.41, 5.74) is 10.6. The van der Waals surface area contributed by atoms with Gasteiger partial charge in [-0.1, -0.05) is 12.1 Å². The van der Waals surface area contributed by atoms with Gasteiger partial charge in [0.15, 0.2) is 0 Å². The minimum Gasteiger partial charge on any atom is -0.507 e. The molecule has 0 saturated heterocycles. The summed E-state index contributed by atoms with van der Waals surface area (Å²) in [4.78, 5) is 21.4. The Hall–Kier alpha value is -1.79. The third-order valence-electron chi connectivity index (χ3n) is 2.14. The fourth-order valence-electron chi connectivity index (χ4n) is 1.28. The first-order chi connectivity index (χ1) is 7.43. The zero-order chi connectivity index (χ0) is 12.3. The third kappa shape index (κ3) is 3.61. The van der Waals surface area contributed by atoms with E-state index in [2.05, 4.69) is 0 Å². The lowest BCUT2D eigenvalue weighted by Gasteiger charge is -2.10. The van der Waals surface area contributed by atoms with Gasteiger partial charge in [-0.25, -0.2) is 0 Å². The normalized spacial score (nSPS) is 11.4. The first kappa shape index (κ1) is 15.2. The Bertz CT molecular complexity index is 436. The van der Waals surface area contributed by atoms with Gasteiger partial charge in [0.2, 0.25) is 0 Å². The van der Waals surface area contributed by atoms with E-state index in [-0.39, 0.29) is 35.7 Å². The molecule has 1 rings (SSSR count). The second-order valence-electron chi connectivity index (χ2n) is 3.33. The van der Waals surface area contributed by atoms with E-state index in [1.165, 1.54) is 18.2 Å². The second-order valence-corrected chi connectivity index (χ2v) is 3.33. The molecule has 0 spiro atoms. The molecule has 0 saturated carbocycles. The van der Waals surface area contributed by atoms with E-state index in [4.69, 9.17) is 16.6 Å². The molecule has 0 aliphatic heterocycles. The Morgan fingerprint density at radius 2 is 1.94 bits per heavy atom. The largest absolute Gasteiger partial charge is 0.507 e. The summed E-state index contributed by atoms with van der Waals surface area (Å²) < 4.78 is 0. The van der Waals surface area contributed by atoms with Crippen molar-refractivity contribution in [3.8, 4) is 5.75 Å². The summed E-state index contributed by atoms with van der Waals surface area (Å²) >= 11 is 0. The first-order valence-corrected chi connectivity index (χ1v) is 4.52. The van der Waals surface area contributed by atoms with Crippen molar-refractivity contribution in [2.24, 2.45) is 11.5 Å². The van der Waals surface area contributed by atoms with E-state index in [0.29, 0.717) is 0 Å². The van der Waals surface area contributed by atoms with Crippen molar-refractivity contribution < 1.29 is 19.8 Å². The van der Waals surface area contributed by atoms with Crippen molar-refractivity contribution in [1.29, 1.82) is 0 Å². The number of rotatable bonds is 4. The summed E-state index contributed by atoms with van der Waals surface area (Å²) in [6, 6.07) is 3.22. The molecule has 0 radical (unpaired) electrons. The number of aromatic hydroxyl groups is 1. The lowest BCUT2D eigenvalue weighted by Crippen LogP contribution is -2.32. The molecule has 7 heteroatoms. The van der Waals surface area contributed by atoms with Crippen LogP contribution in [0, 0.1) is 0 Å². The molecule has 1 aromatic carbocycles. The van der Waals surface area contributed by atoms with Crippen molar-refractivity contribution in [3.63, 3.8) is 0 Å². The van der Waals surface area contributed by atoms with Crippen LogP contribution in [0.2, 0.25) is 0 Å². The topological polar surface area (TPSA) is 127 Å². The monoisotopic (exact) mass is 260 g/mol. The predicted octanol–water partition coefficient (Wildman–Crippen LogP) is -0.133. The number of nitrogens with two attached hydrogens (primary N) is 2. The standard InChI is InChI=1S/C10H12N2O4.ClH/c11-7(10(15)16)4-5-2-1-3-6(8(5)13)9(12)14;/h1-3,7,13H,4,11H2,(H2,12,14)(H,15,16);1H. The number of aliphatic carboxylic acids is 1. The summed E-state index contributed by atoms with van der Waals surface area (Å²) in [5, 5.41) is 18.3. The number of hydrogen-bond acceptors (Lipinski definition) is 4. The van der Waals surface area contributed by atoms with Crippen LogP contribution in [0.3, 0.4) is 0 Å². The van der Waals surface area contributed by atoms with E-state index in [9.17, 15) is 14.7 Å². The molecular formula is C10H13ClN2O4. The summed E-state index contributed by atoms with van der Waals surface area (Å²) in [6.07, 6.45) is -0.0672. The molecule has 0 aliphatic carbocycles. The van der Waals surface area contributed by atoms with Crippen LogP contribution < -0.4 is 11.5 Å². The summed E-state index contributed by atoms with van der Waals surface area (Å²) in [6.45, 7) is 0. The average molecular weight is 261 g/mol. The number of halogens is 1. The Morgan fingerprint density at radius 1 is 1.35 bits per heavy atom. The first-order valence-electron chi connectivity index (χ1n) is 4.52. The number of amides is 1. The van der Waals surface area contributed by atoms with E-state index in [0.717, 1.165) is 0 Å². The van der Waals surface area contributed by atoms with Gasteiger partial charge < -0.3 is 21.7 Å². The van der Waals surface area contributed by atoms with Crippen LogP contribution in [-0.2, 0) is 11.2 Å². The Morgan fingerprint density at radius 3 is 2.41 bits per heavy atom. The molecular weight excluding hydrogens is 248 g/mol. The third-order valence-corrected chi connectivity index (χ3v) is 2.14. The highest BCUT2D eigenvalue weighted by molar-refractivity contribution is 5.96. The molecule has 94 valence electrons. The summed E-state index contributed by atoms with van der Waals surface area (Å²) in [7, 11) is 0. The molecule has 0 bridgehead atoms. The van der Waals surface area contributed by atoms with Gasteiger partial charge in [0.25, 0.3) is 5.91 Å². The van der Waals surface area contributed by atoms with Gasteiger partial charge in [-0.05, 0) is 11.6 Å². The number of hydrogen-bond donors (Lipinski definition) is 4. The summed E-state index contributed by atoms with van der Waals surface area (Å²) in [5.74, 6) is -2.26. The Labute approximate surface area is 104 Å². The molecule has 0 fully saturated rings. The number of carbonyl (C=O) groups excluding carboxylic acids is 1. The van der Waals surface area contributed by atoms with E-state index in [1.807, 2.05) is 0 Å². The molecule has 6 nitrogen and oxygen atoms in total. The number of benzene rings is 1. The highest BCUT2D eigenvalue weighted by Gasteiger charge is 2.17. The highest BCUT2D eigenvalue weighted by Crippen LogP contribution is 2.22. The van der Waals surface area contributed by atoms with E-state index >= 15 is 0 Å². The van der Waals surface area contributed by atoms with Gasteiger partial charge in [-0.15, -0.1) is 12.4 Å². The average Bonchev–Trinajstić information content (AvgIpc) is 2.20. The predicted molar refractivity (Wildman–Crippen MR) is 63.2 cm³/mol. The Balaban J connectivity index is 0.00000256. The minimum atomic E-state index is -1.18. The fraction of sp³-hybridized carbons (Fsp3) is 0.200. The number of phenols is 1. The van der Waals surface area contributed by atoms with Crippen molar-refractivity contribution in [3.05, 3.63) is 29.3 Å². The maximum Gasteiger partial charge on any atom is 0.320 e. The molecule has 0 aliphatic rings. The maximum absolute atomic E-state index is 10.9. The van der Waals surface area contributed by atoms with Crippen molar-refractivity contribution in [1.82, 2.24) is 0 Å². The Kier molecular flexibility index (Phi) is 5.43. The second kappa shape index (κ2) is 6.07. The van der Waals surface area contributed by atoms with E-state index in [1.54, 1.807) is 0 Å². The number of primary amides is 1. The van der Waals surface area contributed by atoms with Gasteiger partial charge in [0.05, 0.1) is 5.56 Å². The smallest absolute Gasteiger partial charge is 0.320 e. The van der Waals surface area contributed by atoms with Crippen molar-refractivity contribution in [2.75, 3.05) is 0 Å². The molecule has 0 heterocycles. The molecule has 1 unspecified atom stereocenters. The lowest BCUT2D eigenvalue weighted by atomic mass is 10.0. The molecule has 0 aromatic heterocycles. The van der Waals surface area contributed by atoms with Gasteiger partial charge >= 0.3 is 5.97 Å². The van der Waals surface area contributed by atoms with Crippen LogP contribution in [0.15, 0.2) is 18.2 Å².